The lowest BCUT2D eigenvalue weighted by Gasteiger charge is -2.13. The summed E-state index contributed by atoms with van der Waals surface area (Å²) in [6, 6.07) is 3.24. The normalized spacial score (nSPS) is 12.5. The second-order valence-electron chi connectivity index (χ2n) is 4.23. The van der Waals surface area contributed by atoms with Gasteiger partial charge in [0.1, 0.15) is 6.54 Å². The molecule has 0 spiro atoms. The van der Waals surface area contributed by atoms with E-state index in [9.17, 15) is 26.4 Å². The molecule has 0 saturated carbocycles. The molecule has 1 N–H and O–H groups in total. The predicted molar refractivity (Wildman–Crippen MR) is 70.7 cm³/mol. The van der Waals surface area contributed by atoms with E-state index in [2.05, 4.69) is 0 Å². The average Bonchev–Trinajstić information content (AvgIpc) is 2.35. The van der Waals surface area contributed by atoms with Gasteiger partial charge in [0.05, 0.1) is 15.5 Å². The Morgan fingerprint density at radius 2 is 1.90 bits per heavy atom. The van der Waals surface area contributed by atoms with Crippen molar-refractivity contribution in [1.82, 2.24) is 9.62 Å². The maximum Gasteiger partial charge on any atom is 0.405 e. The number of hydrogen-bond acceptors (Lipinski definition) is 3. The fraction of sp³-hybridized carbons (Fsp3) is 0.364. The Morgan fingerprint density at radius 1 is 1.33 bits per heavy atom. The minimum absolute atomic E-state index is 0.146. The van der Waals surface area contributed by atoms with Crippen LogP contribution in [0.5, 0.6) is 0 Å². The second kappa shape index (κ2) is 6.20. The standard InChI is InChI=1S/C11H12ClF3N2O3S/c1-17(2)21(19,20)7-3-4-9(12)8(5-7)10(18)16-6-11(13,14)15/h3-5H,6H2,1-2H3,(H,16,18). The van der Waals surface area contributed by atoms with Gasteiger partial charge in [-0.3, -0.25) is 4.79 Å². The molecular formula is C11H12ClF3N2O3S. The van der Waals surface area contributed by atoms with Crippen molar-refractivity contribution >= 4 is 27.5 Å². The molecule has 1 aromatic carbocycles. The van der Waals surface area contributed by atoms with Crippen LogP contribution in [0.25, 0.3) is 0 Å². The average molecular weight is 345 g/mol. The molecule has 0 radical (unpaired) electrons. The van der Waals surface area contributed by atoms with E-state index in [1.165, 1.54) is 14.1 Å². The Labute approximate surface area is 124 Å². The van der Waals surface area contributed by atoms with Crippen LogP contribution < -0.4 is 5.32 Å². The Morgan fingerprint density at radius 3 is 2.38 bits per heavy atom. The summed E-state index contributed by atoms with van der Waals surface area (Å²) in [7, 11) is -1.25. The molecule has 5 nitrogen and oxygen atoms in total. The number of rotatable bonds is 4. The molecule has 10 heteroatoms. The molecule has 1 rings (SSSR count). The highest BCUT2D eigenvalue weighted by Gasteiger charge is 2.28. The van der Waals surface area contributed by atoms with Crippen LogP contribution in [0, 0.1) is 0 Å². The molecule has 0 saturated heterocycles. The summed E-state index contributed by atoms with van der Waals surface area (Å²) in [6.07, 6.45) is -4.57. The van der Waals surface area contributed by atoms with Gasteiger partial charge in [-0.1, -0.05) is 11.6 Å². The first-order valence-electron chi connectivity index (χ1n) is 5.52. The molecule has 1 aromatic rings. The monoisotopic (exact) mass is 344 g/mol. The Bertz CT molecular complexity index is 645. The van der Waals surface area contributed by atoms with E-state index in [1.807, 2.05) is 0 Å². The highest BCUT2D eigenvalue weighted by Crippen LogP contribution is 2.22. The summed E-state index contributed by atoms with van der Waals surface area (Å²) in [4.78, 5) is 11.4. The summed E-state index contributed by atoms with van der Waals surface area (Å²) in [5.74, 6) is -1.10. The number of carbonyl (C=O) groups excluding carboxylic acids is 1. The first-order valence-corrected chi connectivity index (χ1v) is 7.34. The molecule has 0 heterocycles. The minimum atomic E-state index is -4.57. The first-order chi connectivity index (χ1) is 9.45. The molecule has 0 aliphatic rings. The van der Waals surface area contributed by atoms with Gasteiger partial charge >= 0.3 is 6.18 Å². The van der Waals surface area contributed by atoms with Gasteiger partial charge in [-0.2, -0.15) is 13.2 Å². The van der Waals surface area contributed by atoms with Crippen molar-refractivity contribution in [3.05, 3.63) is 28.8 Å². The van der Waals surface area contributed by atoms with E-state index < -0.39 is 28.7 Å². The number of carbonyl (C=O) groups is 1. The number of nitrogens with zero attached hydrogens (tertiary/aromatic N) is 1. The number of benzene rings is 1. The van der Waals surface area contributed by atoms with Crippen molar-refractivity contribution in [2.45, 2.75) is 11.1 Å². The van der Waals surface area contributed by atoms with Crippen LogP contribution in [0.2, 0.25) is 5.02 Å². The third kappa shape index (κ3) is 4.58. The molecule has 0 unspecified atom stereocenters. The molecule has 21 heavy (non-hydrogen) atoms. The molecule has 1 amide bonds. The van der Waals surface area contributed by atoms with Crippen LogP contribution in [0.4, 0.5) is 13.2 Å². The molecule has 0 atom stereocenters. The SMILES string of the molecule is CN(C)S(=O)(=O)c1ccc(Cl)c(C(=O)NCC(F)(F)F)c1. The van der Waals surface area contributed by atoms with E-state index in [0.717, 1.165) is 22.5 Å². The number of hydrogen-bond donors (Lipinski definition) is 1. The summed E-state index contributed by atoms with van der Waals surface area (Å²) >= 11 is 5.72. The predicted octanol–water partition coefficient (Wildman–Crippen LogP) is 1.88. The van der Waals surface area contributed by atoms with Crippen molar-refractivity contribution in [3.8, 4) is 0 Å². The van der Waals surface area contributed by atoms with Crippen LogP contribution in [-0.2, 0) is 10.0 Å². The maximum atomic E-state index is 12.1. The second-order valence-corrected chi connectivity index (χ2v) is 6.79. The molecular weight excluding hydrogens is 333 g/mol. The van der Waals surface area contributed by atoms with E-state index in [1.54, 1.807) is 5.32 Å². The molecule has 118 valence electrons. The van der Waals surface area contributed by atoms with Crippen molar-refractivity contribution < 1.29 is 26.4 Å². The van der Waals surface area contributed by atoms with Gasteiger partial charge in [-0.15, -0.1) is 0 Å². The maximum absolute atomic E-state index is 12.1. The van der Waals surface area contributed by atoms with Crippen molar-refractivity contribution in [2.24, 2.45) is 0 Å². The Hall–Kier alpha value is -1.32. The van der Waals surface area contributed by atoms with Crippen molar-refractivity contribution in [3.63, 3.8) is 0 Å². The fourth-order valence-corrected chi connectivity index (χ4v) is 2.46. The van der Waals surface area contributed by atoms with Crippen LogP contribution in [-0.4, -0.2) is 45.4 Å². The smallest absolute Gasteiger partial charge is 0.343 e. The lowest BCUT2D eigenvalue weighted by atomic mass is 10.2. The van der Waals surface area contributed by atoms with Gasteiger partial charge in [-0.05, 0) is 18.2 Å². The molecule has 0 aliphatic heterocycles. The highest BCUT2D eigenvalue weighted by molar-refractivity contribution is 7.89. The number of nitrogens with one attached hydrogen (secondary N) is 1. The number of alkyl halides is 3. The zero-order valence-corrected chi connectivity index (χ0v) is 12.6. The van der Waals surface area contributed by atoms with Crippen LogP contribution >= 0.6 is 11.6 Å². The third-order valence-electron chi connectivity index (χ3n) is 2.41. The Balaban J connectivity index is 3.12. The number of sulfonamides is 1. The molecule has 0 bridgehead atoms. The van der Waals surface area contributed by atoms with Crippen LogP contribution in [0.3, 0.4) is 0 Å². The van der Waals surface area contributed by atoms with Crippen molar-refractivity contribution in [1.29, 1.82) is 0 Å². The topological polar surface area (TPSA) is 66.5 Å². The van der Waals surface area contributed by atoms with E-state index >= 15 is 0 Å². The van der Waals surface area contributed by atoms with Gasteiger partial charge in [0.15, 0.2) is 0 Å². The third-order valence-corrected chi connectivity index (χ3v) is 4.55. The lowest BCUT2D eigenvalue weighted by molar-refractivity contribution is -0.123. The zero-order valence-electron chi connectivity index (χ0n) is 11.0. The molecule has 0 aliphatic carbocycles. The molecule has 0 aromatic heterocycles. The summed E-state index contributed by atoms with van der Waals surface area (Å²) < 4.78 is 60.9. The fourth-order valence-electron chi connectivity index (χ4n) is 1.33. The summed E-state index contributed by atoms with van der Waals surface area (Å²) in [5, 5.41) is 1.48. The number of halogens is 4. The quantitative estimate of drug-likeness (QED) is 0.907. The van der Waals surface area contributed by atoms with E-state index in [-0.39, 0.29) is 15.5 Å². The zero-order chi connectivity index (χ0) is 16.4. The highest BCUT2D eigenvalue weighted by atomic mass is 35.5. The van der Waals surface area contributed by atoms with E-state index in [4.69, 9.17) is 11.6 Å². The van der Waals surface area contributed by atoms with Gasteiger partial charge in [0.2, 0.25) is 10.0 Å². The lowest BCUT2D eigenvalue weighted by Crippen LogP contribution is -2.34. The van der Waals surface area contributed by atoms with Gasteiger partial charge in [-0.25, -0.2) is 12.7 Å². The molecule has 0 fully saturated rings. The van der Waals surface area contributed by atoms with Crippen LogP contribution in [0.1, 0.15) is 10.4 Å². The first kappa shape index (κ1) is 17.7. The van der Waals surface area contributed by atoms with Crippen molar-refractivity contribution in [2.75, 3.05) is 20.6 Å². The van der Waals surface area contributed by atoms with Crippen LogP contribution in [0.15, 0.2) is 23.1 Å². The van der Waals surface area contributed by atoms with E-state index in [0.29, 0.717) is 0 Å². The Kier molecular flexibility index (Phi) is 5.24. The summed E-state index contributed by atoms with van der Waals surface area (Å²) in [5.41, 5.74) is -0.344. The number of amides is 1. The van der Waals surface area contributed by atoms with Gasteiger partial charge in [0.25, 0.3) is 5.91 Å². The van der Waals surface area contributed by atoms with Gasteiger partial charge < -0.3 is 5.32 Å². The summed E-state index contributed by atoms with van der Waals surface area (Å²) in [6.45, 7) is -1.53. The minimum Gasteiger partial charge on any atom is -0.343 e. The largest absolute Gasteiger partial charge is 0.405 e. The van der Waals surface area contributed by atoms with Gasteiger partial charge in [0, 0.05) is 14.1 Å².